The minimum absolute atomic E-state index is 0.150. The van der Waals surface area contributed by atoms with Crippen molar-refractivity contribution in [3.63, 3.8) is 0 Å². The summed E-state index contributed by atoms with van der Waals surface area (Å²) in [6.45, 7) is 1.64. The second kappa shape index (κ2) is 6.31. The number of carbonyl (C=O) groups excluding carboxylic acids is 2. The lowest BCUT2D eigenvalue weighted by Gasteiger charge is -2.29. The Morgan fingerprint density at radius 3 is 1.93 bits per heavy atom. The third kappa shape index (κ3) is 2.53. The van der Waals surface area contributed by atoms with Crippen LogP contribution in [0.3, 0.4) is 0 Å². The fraction of sp³-hybridized carbons (Fsp3) is 0.300. The summed E-state index contributed by atoms with van der Waals surface area (Å²) in [6.07, 6.45) is 0.982. The van der Waals surface area contributed by atoms with E-state index in [9.17, 15) is 9.59 Å². The fourth-order valence-corrected chi connectivity index (χ4v) is 4.87. The molecule has 0 saturated carbocycles. The van der Waals surface area contributed by atoms with E-state index < -0.39 is 12.0 Å². The first kappa shape index (κ1) is 17.2. The Labute approximate surface area is 167 Å². The van der Waals surface area contributed by atoms with Gasteiger partial charge in [0.25, 0.3) is 5.91 Å². The minimum Gasteiger partial charge on any atom is -0.274 e. The van der Waals surface area contributed by atoms with Gasteiger partial charge in [0.15, 0.2) is 0 Å². The Morgan fingerprint density at radius 1 is 0.741 bits per heavy atom. The standard InChI is InChI=1S/C20H17Cl2N3O2/c21-13-4-2-12(3-5-13)17-16-18(24-11-1-10-23(17)24)20(27)25(19(16)26)15-8-6-14(22)7-9-15/h2-9,16-18H,1,10-11H2/t16-,17+,18-/m0/s1. The summed E-state index contributed by atoms with van der Waals surface area (Å²) in [7, 11) is 0. The van der Waals surface area contributed by atoms with Gasteiger partial charge in [0, 0.05) is 23.1 Å². The van der Waals surface area contributed by atoms with E-state index >= 15 is 0 Å². The molecule has 2 amide bonds. The zero-order valence-electron chi connectivity index (χ0n) is 14.4. The van der Waals surface area contributed by atoms with Gasteiger partial charge in [-0.1, -0.05) is 35.3 Å². The lowest BCUT2D eigenvalue weighted by Crippen LogP contribution is -2.44. The average molecular weight is 402 g/mol. The maximum absolute atomic E-state index is 13.4. The van der Waals surface area contributed by atoms with Crippen LogP contribution >= 0.6 is 23.2 Å². The smallest absolute Gasteiger partial charge is 0.253 e. The van der Waals surface area contributed by atoms with Crippen molar-refractivity contribution in [2.75, 3.05) is 18.0 Å². The maximum atomic E-state index is 13.4. The number of amides is 2. The number of rotatable bonds is 2. The molecule has 0 aromatic heterocycles. The molecule has 7 heteroatoms. The Hall–Kier alpha value is -1.92. The number of anilines is 1. The number of hydrogen-bond donors (Lipinski definition) is 0. The van der Waals surface area contributed by atoms with Crippen LogP contribution in [0.1, 0.15) is 18.0 Å². The Kier molecular flexibility index (Phi) is 4.02. The van der Waals surface area contributed by atoms with Crippen LogP contribution in [0.15, 0.2) is 48.5 Å². The molecular weight excluding hydrogens is 385 g/mol. The molecule has 0 bridgehead atoms. The lowest BCUT2D eigenvalue weighted by atomic mass is 9.90. The molecule has 138 valence electrons. The topological polar surface area (TPSA) is 43.9 Å². The molecule has 3 aliphatic heterocycles. The molecule has 3 atom stereocenters. The van der Waals surface area contributed by atoms with Gasteiger partial charge in [-0.15, -0.1) is 0 Å². The number of halogens is 2. The summed E-state index contributed by atoms with van der Waals surface area (Å²) in [5.41, 5.74) is 1.59. The predicted molar refractivity (Wildman–Crippen MR) is 103 cm³/mol. The van der Waals surface area contributed by atoms with Gasteiger partial charge in [-0.25, -0.2) is 14.9 Å². The van der Waals surface area contributed by atoms with Crippen molar-refractivity contribution in [3.05, 3.63) is 64.1 Å². The molecule has 5 nitrogen and oxygen atoms in total. The first-order chi connectivity index (χ1) is 13.1. The molecule has 5 rings (SSSR count). The molecule has 2 aromatic rings. The minimum atomic E-state index is -0.448. The number of carbonyl (C=O) groups is 2. The Bertz CT molecular complexity index is 916. The molecule has 0 N–H and O–H groups in total. The number of nitrogens with zero attached hydrogens (tertiary/aromatic N) is 3. The van der Waals surface area contributed by atoms with Gasteiger partial charge in [-0.2, -0.15) is 0 Å². The molecule has 0 aliphatic carbocycles. The van der Waals surface area contributed by atoms with Crippen LogP contribution in [0.5, 0.6) is 0 Å². The van der Waals surface area contributed by atoms with Crippen LogP contribution in [0.25, 0.3) is 0 Å². The highest BCUT2D eigenvalue weighted by Gasteiger charge is 2.62. The number of hydrazine groups is 1. The van der Waals surface area contributed by atoms with E-state index in [4.69, 9.17) is 23.2 Å². The molecule has 27 heavy (non-hydrogen) atoms. The third-order valence-electron chi connectivity index (χ3n) is 5.70. The van der Waals surface area contributed by atoms with Crippen LogP contribution in [-0.4, -0.2) is 41.0 Å². The molecule has 2 aromatic carbocycles. The molecule has 0 radical (unpaired) electrons. The van der Waals surface area contributed by atoms with Crippen molar-refractivity contribution >= 4 is 40.7 Å². The Balaban J connectivity index is 1.57. The van der Waals surface area contributed by atoms with Crippen molar-refractivity contribution in [1.29, 1.82) is 0 Å². The van der Waals surface area contributed by atoms with Gasteiger partial charge in [-0.05, 0) is 48.4 Å². The second-order valence-electron chi connectivity index (χ2n) is 7.14. The maximum Gasteiger partial charge on any atom is 0.253 e. The molecule has 3 fully saturated rings. The van der Waals surface area contributed by atoms with Crippen molar-refractivity contribution in [2.24, 2.45) is 5.92 Å². The second-order valence-corrected chi connectivity index (χ2v) is 8.01. The van der Waals surface area contributed by atoms with Crippen LogP contribution < -0.4 is 4.90 Å². The summed E-state index contributed by atoms with van der Waals surface area (Å²) in [6, 6.07) is 13.8. The summed E-state index contributed by atoms with van der Waals surface area (Å²) < 4.78 is 0. The molecule has 0 unspecified atom stereocenters. The molecule has 0 spiro atoms. The van der Waals surface area contributed by atoms with E-state index in [0.29, 0.717) is 15.7 Å². The molecule has 3 saturated heterocycles. The van der Waals surface area contributed by atoms with Crippen LogP contribution in [0, 0.1) is 5.92 Å². The van der Waals surface area contributed by atoms with Gasteiger partial charge < -0.3 is 0 Å². The normalized spacial score (nSPS) is 28.1. The SMILES string of the molecule is O=C1[C@@H]2[C@@H](C(=O)N1c1ccc(Cl)cc1)N1CCCN1[C@@H]2c1ccc(Cl)cc1. The third-order valence-corrected chi connectivity index (χ3v) is 6.21. The first-order valence-corrected chi connectivity index (χ1v) is 9.74. The predicted octanol–water partition coefficient (Wildman–Crippen LogP) is 3.53. The van der Waals surface area contributed by atoms with Gasteiger partial charge >= 0.3 is 0 Å². The quantitative estimate of drug-likeness (QED) is 0.721. The van der Waals surface area contributed by atoms with E-state index in [1.807, 2.05) is 24.3 Å². The molecule has 3 aliphatic rings. The average Bonchev–Trinajstić information content (AvgIpc) is 3.30. The van der Waals surface area contributed by atoms with Gasteiger partial charge in [0.2, 0.25) is 5.91 Å². The van der Waals surface area contributed by atoms with E-state index in [1.54, 1.807) is 24.3 Å². The van der Waals surface area contributed by atoms with Crippen molar-refractivity contribution in [3.8, 4) is 0 Å². The van der Waals surface area contributed by atoms with Crippen LogP contribution in [-0.2, 0) is 9.59 Å². The summed E-state index contributed by atoms with van der Waals surface area (Å²) >= 11 is 12.0. The van der Waals surface area contributed by atoms with Crippen molar-refractivity contribution in [1.82, 2.24) is 10.0 Å². The van der Waals surface area contributed by atoms with E-state index in [2.05, 4.69) is 10.0 Å². The molecular formula is C20H17Cl2N3O2. The Morgan fingerprint density at radius 2 is 1.30 bits per heavy atom. The number of fused-ring (bicyclic) bond motifs is 3. The van der Waals surface area contributed by atoms with Gasteiger partial charge in [0.05, 0.1) is 17.6 Å². The zero-order chi connectivity index (χ0) is 18.7. The van der Waals surface area contributed by atoms with E-state index in [1.165, 1.54) is 4.90 Å². The number of imide groups is 1. The van der Waals surface area contributed by atoms with E-state index in [0.717, 1.165) is 25.1 Å². The van der Waals surface area contributed by atoms with Crippen molar-refractivity contribution < 1.29 is 9.59 Å². The van der Waals surface area contributed by atoms with Crippen LogP contribution in [0.4, 0.5) is 5.69 Å². The number of benzene rings is 2. The number of hydrogen-bond acceptors (Lipinski definition) is 4. The largest absolute Gasteiger partial charge is 0.274 e. The fourth-order valence-electron chi connectivity index (χ4n) is 4.62. The summed E-state index contributed by atoms with van der Waals surface area (Å²) in [5.74, 6) is -0.730. The van der Waals surface area contributed by atoms with Crippen LogP contribution in [0.2, 0.25) is 10.0 Å². The lowest BCUT2D eigenvalue weighted by molar-refractivity contribution is -0.126. The summed E-state index contributed by atoms with van der Waals surface area (Å²) in [4.78, 5) is 27.9. The highest BCUT2D eigenvalue weighted by atomic mass is 35.5. The first-order valence-electron chi connectivity index (χ1n) is 8.98. The van der Waals surface area contributed by atoms with Gasteiger partial charge in [-0.3, -0.25) is 9.59 Å². The van der Waals surface area contributed by atoms with Crippen molar-refractivity contribution in [2.45, 2.75) is 18.5 Å². The zero-order valence-corrected chi connectivity index (χ0v) is 15.9. The van der Waals surface area contributed by atoms with E-state index in [-0.39, 0.29) is 17.9 Å². The van der Waals surface area contributed by atoms with Gasteiger partial charge in [0.1, 0.15) is 6.04 Å². The monoisotopic (exact) mass is 401 g/mol. The highest BCUT2D eigenvalue weighted by Crippen LogP contribution is 2.49. The summed E-state index contributed by atoms with van der Waals surface area (Å²) in [5, 5.41) is 5.50. The molecule has 3 heterocycles. The highest BCUT2D eigenvalue weighted by molar-refractivity contribution is 6.31.